The van der Waals surface area contributed by atoms with Crippen LogP contribution in [0.4, 0.5) is 5.69 Å². The lowest BCUT2D eigenvalue weighted by molar-refractivity contribution is -0.134. The topological polar surface area (TPSA) is 96.2 Å². The predicted molar refractivity (Wildman–Crippen MR) is 140 cm³/mol. The first-order valence-electron chi connectivity index (χ1n) is 12.0. The molecule has 2 aliphatic rings. The molecule has 36 heavy (non-hydrogen) atoms. The van der Waals surface area contributed by atoms with Crippen LogP contribution >= 0.6 is 0 Å². The molecule has 0 spiro atoms. The highest BCUT2D eigenvalue weighted by atomic mass is 16.5. The number of hydrogen-bond donors (Lipinski definition) is 0. The summed E-state index contributed by atoms with van der Waals surface area (Å²) in [5.74, 6) is 0.679. The SMILES string of the molecule is CCC(=O)Oc1cc(C)cc(C)c1C(C)(C)CC(=O)[N+](C)=c1ccc2nc3cc([NH-])ccc3oc-2c1. The van der Waals surface area contributed by atoms with E-state index >= 15 is 0 Å². The van der Waals surface area contributed by atoms with E-state index in [2.05, 4.69) is 4.98 Å². The molecule has 0 aromatic heterocycles. The Balaban J connectivity index is 1.71. The Morgan fingerprint density at radius 3 is 2.56 bits per heavy atom. The highest BCUT2D eigenvalue weighted by molar-refractivity contribution is 5.81. The number of aryl methyl sites for hydroxylation is 2. The first kappa shape index (κ1) is 25.1. The molecule has 2 aromatic carbocycles. The Morgan fingerprint density at radius 2 is 1.83 bits per heavy atom. The van der Waals surface area contributed by atoms with Crippen molar-refractivity contribution in [3.05, 3.63) is 76.3 Å². The molecule has 186 valence electrons. The zero-order chi connectivity index (χ0) is 26.2. The van der Waals surface area contributed by atoms with Crippen LogP contribution in [0.3, 0.4) is 0 Å². The molecule has 7 heteroatoms. The standard InChI is InChI=1S/C29H31N3O4/c1-7-27(34)36-25-13-17(2)12-18(3)28(25)29(4,5)16-26(33)32(6)20-9-10-21-24(15-20)35-23-11-8-19(30)14-22(23)31-21/h8-15,30H,7,16H2,1-6H3. The average Bonchev–Trinajstić information content (AvgIpc) is 2.80. The number of carbonyl (C=O) groups excluding carboxylic acids is 2. The summed E-state index contributed by atoms with van der Waals surface area (Å²) in [6, 6.07) is 14.4. The van der Waals surface area contributed by atoms with Gasteiger partial charge in [-0.2, -0.15) is 4.58 Å². The highest BCUT2D eigenvalue weighted by Crippen LogP contribution is 2.38. The number of ether oxygens (including phenoxy) is 1. The summed E-state index contributed by atoms with van der Waals surface area (Å²) >= 11 is 0. The molecule has 1 N–H and O–H groups in total. The van der Waals surface area contributed by atoms with Crippen LogP contribution < -0.4 is 14.7 Å². The summed E-state index contributed by atoms with van der Waals surface area (Å²) in [5.41, 5.74) is 12.2. The molecule has 1 aliphatic carbocycles. The maximum atomic E-state index is 13.4. The van der Waals surface area contributed by atoms with Crippen LogP contribution in [0, 0.1) is 13.8 Å². The minimum atomic E-state index is -0.584. The van der Waals surface area contributed by atoms with Crippen LogP contribution in [0.1, 0.15) is 50.3 Å². The highest BCUT2D eigenvalue weighted by Gasteiger charge is 2.33. The number of nitrogens with one attached hydrogen (secondary N) is 1. The monoisotopic (exact) mass is 485 g/mol. The summed E-state index contributed by atoms with van der Waals surface area (Å²) in [5, 5.41) is 0.684. The van der Waals surface area contributed by atoms with E-state index in [1.54, 1.807) is 42.8 Å². The number of benzene rings is 3. The van der Waals surface area contributed by atoms with E-state index in [-0.39, 0.29) is 24.7 Å². The Labute approximate surface area is 210 Å². The number of esters is 1. The van der Waals surface area contributed by atoms with Crippen molar-refractivity contribution in [2.45, 2.75) is 52.9 Å². The number of hydrogen-bond acceptors (Lipinski definition) is 5. The van der Waals surface area contributed by atoms with Gasteiger partial charge in [-0.15, -0.1) is 5.69 Å². The lowest BCUT2D eigenvalue weighted by Crippen LogP contribution is -2.36. The van der Waals surface area contributed by atoms with Gasteiger partial charge in [0.15, 0.2) is 11.3 Å². The number of carbonyl (C=O) groups is 2. The van der Waals surface area contributed by atoms with Crippen molar-refractivity contribution in [3.63, 3.8) is 0 Å². The Bertz CT molecular complexity index is 1530. The van der Waals surface area contributed by atoms with Gasteiger partial charge < -0.3 is 14.9 Å². The molecular formula is C29H31N3O4. The molecule has 1 aliphatic heterocycles. The van der Waals surface area contributed by atoms with E-state index in [1.165, 1.54) is 0 Å². The number of rotatable bonds is 5. The van der Waals surface area contributed by atoms with Crippen molar-refractivity contribution in [1.29, 1.82) is 0 Å². The molecule has 0 saturated carbocycles. The van der Waals surface area contributed by atoms with Gasteiger partial charge in [0.25, 0.3) is 0 Å². The lowest BCUT2D eigenvalue weighted by atomic mass is 9.78. The molecular weight excluding hydrogens is 454 g/mol. The van der Waals surface area contributed by atoms with Gasteiger partial charge in [0, 0.05) is 23.5 Å². The Morgan fingerprint density at radius 1 is 1.08 bits per heavy atom. The molecule has 0 bridgehead atoms. The van der Waals surface area contributed by atoms with Crippen LogP contribution in [-0.4, -0.2) is 23.9 Å². The molecule has 0 atom stereocenters. The molecule has 1 heterocycles. The maximum Gasteiger partial charge on any atom is 0.388 e. The van der Waals surface area contributed by atoms with Gasteiger partial charge in [-0.25, -0.2) is 9.78 Å². The first-order valence-corrected chi connectivity index (χ1v) is 12.0. The van der Waals surface area contributed by atoms with Crippen molar-refractivity contribution in [1.82, 2.24) is 9.56 Å². The first-order chi connectivity index (χ1) is 17.0. The molecule has 7 nitrogen and oxygen atoms in total. The van der Waals surface area contributed by atoms with E-state index in [0.717, 1.165) is 16.7 Å². The van der Waals surface area contributed by atoms with Gasteiger partial charge in [0.1, 0.15) is 24.0 Å². The van der Waals surface area contributed by atoms with Gasteiger partial charge in [0.2, 0.25) is 5.36 Å². The van der Waals surface area contributed by atoms with E-state index in [9.17, 15) is 9.59 Å². The van der Waals surface area contributed by atoms with E-state index in [1.807, 2.05) is 52.0 Å². The molecule has 0 saturated heterocycles. The smallest absolute Gasteiger partial charge is 0.388 e. The van der Waals surface area contributed by atoms with Crippen LogP contribution in [-0.2, 0) is 15.0 Å². The van der Waals surface area contributed by atoms with Crippen LogP contribution in [0.25, 0.3) is 28.3 Å². The summed E-state index contributed by atoms with van der Waals surface area (Å²) in [6.45, 7) is 9.68. The fraction of sp³-hybridized carbons (Fsp3) is 0.310. The summed E-state index contributed by atoms with van der Waals surface area (Å²) < 4.78 is 13.3. The second kappa shape index (κ2) is 9.57. The Kier molecular flexibility index (Phi) is 6.67. The van der Waals surface area contributed by atoms with Gasteiger partial charge in [-0.05, 0) is 49.2 Å². The number of nitrogens with zero attached hydrogens (tertiary/aromatic N) is 2. The van der Waals surface area contributed by atoms with Gasteiger partial charge in [-0.1, -0.05) is 32.9 Å². The largest absolute Gasteiger partial charge is 0.699 e. The normalized spacial score (nSPS) is 12.6. The van der Waals surface area contributed by atoms with Crippen molar-refractivity contribution >= 4 is 28.7 Å². The minimum Gasteiger partial charge on any atom is -0.699 e. The summed E-state index contributed by atoms with van der Waals surface area (Å²) in [6.07, 6.45) is 0.484. The van der Waals surface area contributed by atoms with Crippen LogP contribution in [0.2, 0.25) is 0 Å². The van der Waals surface area contributed by atoms with Crippen molar-refractivity contribution in [2.24, 2.45) is 0 Å². The van der Waals surface area contributed by atoms with E-state index in [4.69, 9.17) is 14.9 Å². The minimum absolute atomic E-state index is 0.0836. The quantitative estimate of drug-likeness (QED) is 0.153. The van der Waals surface area contributed by atoms with Gasteiger partial charge in [0.05, 0.1) is 12.5 Å². The zero-order valence-electron chi connectivity index (χ0n) is 21.6. The van der Waals surface area contributed by atoms with Crippen molar-refractivity contribution in [2.75, 3.05) is 7.05 Å². The Hall–Kier alpha value is -4.00. The summed E-state index contributed by atoms with van der Waals surface area (Å²) in [4.78, 5) is 30.1. The maximum absolute atomic E-state index is 13.4. The zero-order valence-corrected chi connectivity index (χ0v) is 21.6. The fourth-order valence-corrected chi connectivity index (χ4v) is 4.63. The number of aromatic nitrogens is 1. The summed E-state index contributed by atoms with van der Waals surface area (Å²) in [7, 11) is 1.74. The fourth-order valence-electron chi connectivity index (χ4n) is 4.63. The molecule has 0 fully saturated rings. The van der Waals surface area contributed by atoms with Crippen LogP contribution in [0.5, 0.6) is 5.75 Å². The van der Waals surface area contributed by atoms with Gasteiger partial charge in [-0.3, -0.25) is 4.79 Å². The molecule has 4 rings (SSSR count). The second-order valence-electron chi connectivity index (χ2n) is 9.84. The third-order valence-electron chi connectivity index (χ3n) is 6.35. The third kappa shape index (κ3) is 5.00. The molecule has 0 radical (unpaired) electrons. The number of amides is 1. The van der Waals surface area contributed by atoms with Crippen molar-refractivity contribution in [3.8, 4) is 17.2 Å². The second-order valence-corrected chi connectivity index (χ2v) is 9.84. The van der Waals surface area contributed by atoms with E-state index < -0.39 is 5.41 Å². The average molecular weight is 486 g/mol. The van der Waals surface area contributed by atoms with Crippen LogP contribution in [0.15, 0.2) is 52.9 Å². The van der Waals surface area contributed by atoms with E-state index in [0.29, 0.717) is 39.3 Å². The predicted octanol–water partition coefficient (Wildman–Crippen LogP) is 5.85. The molecule has 2 aromatic rings. The third-order valence-corrected chi connectivity index (χ3v) is 6.35. The number of fused-ring (bicyclic) bond motifs is 2. The lowest BCUT2D eigenvalue weighted by Gasteiger charge is -2.27. The van der Waals surface area contributed by atoms with Gasteiger partial charge >= 0.3 is 11.9 Å². The van der Waals surface area contributed by atoms with Crippen molar-refractivity contribution < 1.29 is 18.7 Å². The molecule has 0 unspecified atom stereocenters. The molecule has 1 amide bonds.